The van der Waals surface area contributed by atoms with Gasteiger partial charge in [-0.05, 0) is 36.4 Å². The van der Waals surface area contributed by atoms with Crippen LogP contribution >= 0.6 is 11.8 Å². The van der Waals surface area contributed by atoms with Gasteiger partial charge in [0.1, 0.15) is 11.9 Å². The molecule has 0 fully saturated rings. The summed E-state index contributed by atoms with van der Waals surface area (Å²) in [7, 11) is 0. The molecule has 108 valence electrons. The zero-order valence-electron chi connectivity index (χ0n) is 10.3. The molecule has 1 rings (SSSR count). The van der Waals surface area contributed by atoms with Gasteiger partial charge in [0.2, 0.25) is 0 Å². The van der Waals surface area contributed by atoms with Gasteiger partial charge >= 0.3 is 11.5 Å². The number of thioether (sulfide) groups is 1. The monoisotopic (exact) mass is 307 g/mol. The second-order valence-electron chi connectivity index (χ2n) is 3.58. The minimum Gasteiger partial charge on any atom is -0.466 e. The Morgan fingerprint density at radius 1 is 1.45 bits per heavy atom. The van der Waals surface area contributed by atoms with Gasteiger partial charge in [-0.3, -0.25) is 4.79 Å². The first-order chi connectivity index (χ1) is 9.26. The second-order valence-corrected chi connectivity index (χ2v) is 4.69. The van der Waals surface area contributed by atoms with Crippen LogP contribution in [0.4, 0.5) is 17.6 Å². The highest BCUT2D eigenvalue weighted by molar-refractivity contribution is 8.00. The summed E-state index contributed by atoms with van der Waals surface area (Å²) in [5.41, 5.74) is -5.14. The van der Waals surface area contributed by atoms with E-state index in [0.29, 0.717) is 6.07 Å². The fraction of sp³-hybridized carbons (Fsp3) is 0.333. The number of ether oxygens (including phenoxy) is 1. The molecule has 0 aromatic heterocycles. The number of nitrogens with zero attached hydrogens (tertiary/aromatic N) is 1. The van der Waals surface area contributed by atoms with Gasteiger partial charge in [-0.1, -0.05) is 0 Å². The number of benzene rings is 1. The molecule has 1 aromatic rings. The van der Waals surface area contributed by atoms with Gasteiger partial charge in [-0.25, -0.2) is 4.39 Å². The van der Waals surface area contributed by atoms with Crippen LogP contribution < -0.4 is 0 Å². The molecule has 0 aliphatic heterocycles. The standard InChI is InChI=1S/C12H9F4NO2S/c1-2-19-11(18)4-7-3-8(6-17)9(13)5-10(7)20-12(14,15)16/h3,5H,2,4H2,1H3. The highest BCUT2D eigenvalue weighted by atomic mass is 32.2. The van der Waals surface area contributed by atoms with Gasteiger partial charge in [-0.15, -0.1) is 0 Å². The summed E-state index contributed by atoms with van der Waals surface area (Å²) >= 11 is -0.536. The van der Waals surface area contributed by atoms with E-state index in [2.05, 4.69) is 4.74 Å². The van der Waals surface area contributed by atoms with E-state index in [1.807, 2.05) is 0 Å². The van der Waals surface area contributed by atoms with Gasteiger partial charge in [0, 0.05) is 4.90 Å². The van der Waals surface area contributed by atoms with Crippen molar-refractivity contribution in [2.24, 2.45) is 0 Å². The molecule has 0 aliphatic rings. The first-order valence-corrected chi connectivity index (χ1v) is 6.22. The molecule has 0 unspecified atom stereocenters. The van der Waals surface area contributed by atoms with E-state index in [1.165, 1.54) is 6.07 Å². The number of alkyl halides is 3. The average Bonchev–Trinajstić information content (AvgIpc) is 2.30. The van der Waals surface area contributed by atoms with E-state index < -0.39 is 45.9 Å². The maximum Gasteiger partial charge on any atom is 0.446 e. The Hall–Kier alpha value is -1.75. The quantitative estimate of drug-likeness (QED) is 0.486. The fourth-order valence-corrected chi connectivity index (χ4v) is 2.08. The van der Waals surface area contributed by atoms with Crippen LogP contribution in [0.5, 0.6) is 0 Å². The lowest BCUT2D eigenvalue weighted by molar-refractivity contribution is -0.142. The maximum atomic E-state index is 13.4. The van der Waals surface area contributed by atoms with Gasteiger partial charge in [0.05, 0.1) is 18.6 Å². The van der Waals surface area contributed by atoms with Crippen molar-refractivity contribution in [1.82, 2.24) is 0 Å². The lowest BCUT2D eigenvalue weighted by Crippen LogP contribution is -2.10. The third kappa shape index (κ3) is 4.74. The van der Waals surface area contributed by atoms with Gasteiger partial charge in [0.25, 0.3) is 0 Å². The number of carbonyl (C=O) groups is 1. The molecule has 20 heavy (non-hydrogen) atoms. The highest BCUT2D eigenvalue weighted by Gasteiger charge is 2.31. The number of halogens is 4. The van der Waals surface area contributed by atoms with Gasteiger partial charge in [-0.2, -0.15) is 18.4 Å². The maximum absolute atomic E-state index is 13.4. The zero-order chi connectivity index (χ0) is 15.3. The summed E-state index contributed by atoms with van der Waals surface area (Å²) in [6.07, 6.45) is -0.457. The molecular formula is C12H9F4NO2S. The van der Waals surface area contributed by atoms with E-state index in [9.17, 15) is 22.4 Å². The number of hydrogen-bond donors (Lipinski definition) is 0. The number of esters is 1. The summed E-state index contributed by atoms with van der Waals surface area (Å²) in [4.78, 5) is 10.9. The summed E-state index contributed by atoms with van der Waals surface area (Å²) in [5.74, 6) is -1.81. The molecule has 0 heterocycles. The Kier molecular flexibility index (Phi) is 5.39. The minimum absolute atomic E-state index is 0.0763. The third-order valence-corrected chi connectivity index (χ3v) is 2.97. The van der Waals surface area contributed by atoms with Crippen molar-refractivity contribution in [2.45, 2.75) is 23.7 Å². The number of hydrogen-bond acceptors (Lipinski definition) is 4. The fourth-order valence-electron chi connectivity index (χ4n) is 1.41. The van der Waals surface area contributed by atoms with Crippen molar-refractivity contribution in [3.8, 4) is 6.07 Å². The van der Waals surface area contributed by atoms with Crippen molar-refractivity contribution in [3.63, 3.8) is 0 Å². The molecule has 1 aromatic carbocycles. The van der Waals surface area contributed by atoms with Crippen molar-refractivity contribution in [1.29, 1.82) is 5.26 Å². The first kappa shape index (κ1) is 16.3. The van der Waals surface area contributed by atoms with Crippen molar-refractivity contribution in [2.75, 3.05) is 6.61 Å². The third-order valence-electron chi connectivity index (χ3n) is 2.14. The highest BCUT2D eigenvalue weighted by Crippen LogP contribution is 2.39. The predicted molar refractivity (Wildman–Crippen MR) is 63.4 cm³/mol. The Balaban J connectivity index is 3.16. The number of nitriles is 1. The molecule has 0 atom stereocenters. The predicted octanol–water partition coefficient (Wildman–Crippen LogP) is 3.41. The van der Waals surface area contributed by atoms with Crippen LogP contribution in [-0.4, -0.2) is 18.1 Å². The van der Waals surface area contributed by atoms with Crippen LogP contribution in [0.25, 0.3) is 0 Å². The van der Waals surface area contributed by atoms with Gasteiger partial charge < -0.3 is 4.74 Å². The van der Waals surface area contributed by atoms with Crippen LogP contribution in [0.15, 0.2) is 17.0 Å². The molecule has 0 saturated heterocycles. The molecule has 0 spiro atoms. The molecule has 3 nitrogen and oxygen atoms in total. The van der Waals surface area contributed by atoms with Gasteiger partial charge in [0.15, 0.2) is 0 Å². The van der Waals surface area contributed by atoms with Crippen LogP contribution in [0.1, 0.15) is 18.1 Å². The zero-order valence-corrected chi connectivity index (χ0v) is 11.1. The molecular weight excluding hydrogens is 298 g/mol. The van der Waals surface area contributed by atoms with E-state index in [-0.39, 0.29) is 12.2 Å². The molecule has 0 bridgehead atoms. The van der Waals surface area contributed by atoms with Crippen molar-refractivity contribution < 1.29 is 27.1 Å². The minimum atomic E-state index is -4.62. The topological polar surface area (TPSA) is 50.1 Å². The summed E-state index contributed by atoms with van der Waals surface area (Å²) < 4.78 is 55.1. The molecule has 0 saturated carbocycles. The smallest absolute Gasteiger partial charge is 0.446 e. The Bertz CT molecular complexity index is 552. The molecule has 0 amide bonds. The van der Waals surface area contributed by atoms with E-state index in [4.69, 9.17) is 5.26 Å². The summed E-state index contributed by atoms with van der Waals surface area (Å²) in [6.45, 7) is 1.63. The Morgan fingerprint density at radius 2 is 2.10 bits per heavy atom. The molecule has 8 heteroatoms. The van der Waals surface area contributed by atoms with Crippen LogP contribution in [0, 0.1) is 17.1 Å². The van der Waals surface area contributed by atoms with Crippen molar-refractivity contribution >= 4 is 17.7 Å². The van der Waals surface area contributed by atoms with Crippen LogP contribution in [0.2, 0.25) is 0 Å². The van der Waals surface area contributed by atoms with Crippen LogP contribution in [0.3, 0.4) is 0 Å². The first-order valence-electron chi connectivity index (χ1n) is 5.40. The molecule has 0 N–H and O–H groups in total. The SMILES string of the molecule is CCOC(=O)Cc1cc(C#N)c(F)cc1SC(F)(F)F. The average molecular weight is 307 g/mol. The largest absolute Gasteiger partial charge is 0.466 e. The molecule has 0 aliphatic carbocycles. The second kappa shape index (κ2) is 6.61. The number of rotatable bonds is 4. The lowest BCUT2D eigenvalue weighted by Gasteiger charge is -2.11. The normalized spacial score (nSPS) is 11.0. The van der Waals surface area contributed by atoms with E-state index in [1.54, 1.807) is 6.92 Å². The van der Waals surface area contributed by atoms with Crippen molar-refractivity contribution in [3.05, 3.63) is 29.1 Å². The van der Waals surface area contributed by atoms with Crippen LogP contribution in [-0.2, 0) is 16.0 Å². The Morgan fingerprint density at radius 3 is 2.60 bits per heavy atom. The Labute approximate surface area is 116 Å². The number of carbonyl (C=O) groups excluding carboxylic acids is 1. The molecule has 0 radical (unpaired) electrons. The van der Waals surface area contributed by atoms with E-state index >= 15 is 0 Å². The lowest BCUT2D eigenvalue weighted by atomic mass is 10.1. The summed E-state index contributed by atoms with van der Waals surface area (Å²) in [5, 5.41) is 8.67. The summed E-state index contributed by atoms with van der Waals surface area (Å²) in [6, 6.07) is 3.05. The van der Waals surface area contributed by atoms with E-state index in [0.717, 1.165) is 6.07 Å².